The van der Waals surface area contributed by atoms with Crippen molar-refractivity contribution < 1.29 is 14.3 Å². The smallest absolute Gasteiger partial charge is 0.341 e. The summed E-state index contributed by atoms with van der Waals surface area (Å²) in [6.07, 6.45) is 2.57. The van der Waals surface area contributed by atoms with Crippen LogP contribution in [0, 0.1) is 0 Å². The first-order chi connectivity index (χ1) is 8.56. The number of carbonyl (C=O) groups is 2. The van der Waals surface area contributed by atoms with E-state index in [-0.39, 0.29) is 17.7 Å². The SMILES string of the molecule is CCOC(=O)c1c(N)sc2c1CCCC2C(C)=O. The van der Waals surface area contributed by atoms with Gasteiger partial charge in [0, 0.05) is 4.88 Å². The largest absolute Gasteiger partial charge is 0.462 e. The van der Waals surface area contributed by atoms with Gasteiger partial charge in [-0.25, -0.2) is 4.79 Å². The number of ketones is 1. The first-order valence-corrected chi connectivity index (χ1v) is 6.96. The Labute approximate surface area is 110 Å². The van der Waals surface area contributed by atoms with Crippen LogP contribution in [0.15, 0.2) is 0 Å². The number of anilines is 1. The maximum Gasteiger partial charge on any atom is 0.341 e. The monoisotopic (exact) mass is 267 g/mol. The van der Waals surface area contributed by atoms with Crippen molar-refractivity contribution in [2.24, 2.45) is 0 Å². The van der Waals surface area contributed by atoms with E-state index in [0.29, 0.717) is 17.2 Å². The van der Waals surface area contributed by atoms with Crippen molar-refractivity contribution in [3.8, 4) is 0 Å². The molecule has 0 saturated heterocycles. The molecule has 0 radical (unpaired) electrons. The van der Waals surface area contributed by atoms with E-state index in [9.17, 15) is 9.59 Å². The van der Waals surface area contributed by atoms with Crippen LogP contribution in [-0.2, 0) is 16.0 Å². The van der Waals surface area contributed by atoms with Crippen LogP contribution < -0.4 is 5.73 Å². The highest BCUT2D eigenvalue weighted by Gasteiger charge is 2.32. The second kappa shape index (κ2) is 5.10. The molecule has 1 aliphatic rings. The van der Waals surface area contributed by atoms with Gasteiger partial charge in [0.15, 0.2) is 0 Å². The molecule has 5 heteroatoms. The van der Waals surface area contributed by atoms with Gasteiger partial charge in [-0.1, -0.05) is 0 Å². The predicted molar refractivity (Wildman–Crippen MR) is 71.0 cm³/mol. The number of fused-ring (bicyclic) bond motifs is 1. The molecule has 18 heavy (non-hydrogen) atoms. The molecule has 98 valence electrons. The summed E-state index contributed by atoms with van der Waals surface area (Å²) in [5, 5.41) is 0.478. The third-order valence-corrected chi connectivity index (χ3v) is 4.45. The molecule has 4 nitrogen and oxygen atoms in total. The summed E-state index contributed by atoms with van der Waals surface area (Å²) in [4.78, 5) is 24.5. The Bertz CT molecular complexity index is 493. The minimum absolute atomic E-state index is 0.0933. The van der Waals surface area contributed by atoms with Crippen LogP contribution >= 0.6 is 11.3 Å². The molecule has 0 bridgehead atoms. The Morgan fingerprint density at radius 2 is 2.22 bits per heavy atom. The van der Waals surface area contributed by atoms with E-state index in [4.69, 9.17) is 10.5 Å². The van der Waals surface area contributed by atoms with Gasteiger partial charge in [0.1, 0.15) is 10.8 Å². The quantitative estimate of drug-likeness (QED) is 0.854. The fourth-order valence-corrected chi connectivity index (χ4v) is 3.76. The Balaban J connectivity index is 2.45. The number of Topliss-reactive ketones (excluding diaryl/α,β-unsaturated/α-hetero) is 1. The van der Waals surface area contributed by atoms with E-state index in [1.165, 1.54) is 11.3 Å². The highest BCUT2D eigenvalue weighted by Crippen LogP contribution is 2.42. The van der Waals surface area contributed by atoms with Crippen LogP contribution in [0.3, 0.4) is 0 Å². The molecule has 1 aromatic rings. The molecule has 2 rings (SSSR count). The molecular weight excluding hydrogens is 250 g/mol. The maximum atomic E-state index is 11.9. The molecule has 1 unspecified atom stereocenters. The van der Waals surface area contributed by atoms with E-state index in [1.54, 1.807) is 13.8 Å². The number of thiophene rings is 1. The van der Waals surface area contributed by atoms with Gasteiger partial charge in [-0.05, 0) is 38.7 Å². The zero-order valence-electron chi connectivity index (χ0n) is 10.6. The molecule has 0 amide bonds. The van der Waals surface area contributed by atoms with Crippen molar-refractivity contribution in [2.45, 2.75) is 39.0 Å². The van der Waals surface area contributed by atoms with Crippen molar-refractivity contribution in [1.82, 2.24) is 0 Å². The molecule has 1 aromatic heterocycles. The number of nitrogens with two attached hydrogens (primary N) is 1. The summed E-state index contributed by atoms with van der Waals surface area (Å²) in [7, 11) is 0. The molecule has 2 N–H and O–H groups in total. The Morgan fingerprint density at radius 3 is 2.83 bits per heavy atom. The molecule has 1 aliphatic carbocycles. The van der Waals surface area contributed by atoms with Crippen LogP contribution in [0.5, 0.6) is 0 Å². The number of esters is 1. The number of carbonyl (C=O) groups excluding carboxylic acids is 2. The van der Waals surface area contributed by atoms with Gasteiger partial charge in [-0.2, -0.15) is 0 Å². The normalized spacial score (nSPS) is 18.2. The van der Waals surface area contributed by atoms with Crippen molar-refractivity contribution in [3.05, 3.63) is 16.0 Å². The Morgan fingerprint density at radius 1 is 1.50 bits per heavy atom. The number of hydrogen-bond donors (Lipinski definition) is 1. The summed E-state index contributed by atoms with van der Waals surface area (Å²) in [6.45, 7) is 3.70. The molecular formula is C13H17NO3S. The second-order valence-electron chi connectivity index (χ2n) is 4.46. The van der Waals surface area contributed by atoms with Gasteiger partial charge in [-0.15, -0.1) is 11.3 Å². The van der Waals surface area contributed by atoms with E-state index in [0.717, 1.165) is 29.7 Å². The summed E-state index contributed by atoms with van der Waals surface area (Å²) < 4.78 is 5.03. The first kappa shape index (κ1) is 13.1. The van der Waals surface area contributed by atoms with Gasteiger partial charge in [0.25, 0.3) is 0 Å². The third kappa shape index (κ3) is 2.14. The van der Waals surface area contributed by atoms with Crippen LogP contribution in [0.4, 0.5) is 5.00 Å². The lowest BCUT2D eigenvalue weighted by Gasteiger charge is -2.20. The summed E-state index contributed by atoms with van der Waals surface area (Å²) in [6, 6.07) is 0. The van der Waals surface area contributed by atoms with Gasteiger partial charge in [0.2, 0.25) is 0 Å². The zero-order chi connectivity index (χ0) is 13.3. The Hall–Kier alpha value is -1.36. The third-order valence-electron chi connectivity index (χ3n) is 3.27. The molecule has 0 aliphatic heterocycles. The molecule has 0 aromatic carbocycles. The summed E-state index contributed by atoms with van der Waals surface area (Å²) in [5.41, 5.74) is 7.34. The zero-order valence-corrected chi connectivity index (χ0v) is 11.4. The maximum absolute atomic E-state index is 11.9. The minimum atomic E-state index is -0.364. The lowest BCUT2D eigenvalue weighted by molar-refractivity contribution is -0.118. The predicted octanol–water partition coefficient (Wildman–Crippen LogP) is 2.52. The molecule has 0 fully saturated rings. The van der Waals surface area contributed by atoms with Gasteiger partial charge >= 0.3 is 5.97 Å². The highest BCUT2D eigenvalue weighted by molar-refractivity contribution is 7.16. The van der Waals surface area contributed by atoms with Crippen LogP contribution in [0.1, 0.15) is 53.4 Å². The van der Waals surface area contributed by atoms with Gasteiger partial charge < -0.3 is 10.5 Å². The van der Waals surface area contributed by atoms with Gasteiger partial charge in [0.05, 0.1) is 18.1 Å². The average molecular weight is 267 g/mol. The fraction of sp³-hybridized carbons (Fsp3) is 0.538. The number of ether oxygens (including phenoxy) is 1. The molecule has 1 atom stereocenters. The van der Waals surface area contributed by atoms with Crippen molar-refractivity contribution in [1.29, 1.82) is 0 Å². The van der Waals surface area contributed by atoms with Crippen LogP contribution in [0.2, 0.25) is 0 Å². The fourth-order valence-electron chi connectivity index (χ4n) is 2.46. The molecule has 1 heterocycles. The number of nitrogen functional groups attached to an aromatic ring is 1. The van der Waals surface area contributed by atoms with Crippen molar-refractivity contribution in [3.63, 3.8) is 0 Å². The van der Waals surface area contributed by atoms with Crippen LogP contribution in [-0.4, -0.2) is 18.4 Å². The summed E-state index contributed by atoms with van der Waals surface area (Å²) in [5.74, 6) is -0.312. The van der Waals surface area contributed by atoms with Crippen LogP contribution in [0.25, 0.3) is 0 Å². The van der Waals surface area contributed by atoms with Crippen molar-refractivity contribution in [2.75, 3.05) is 12.3 Å². The van der Waals surface area contributed by atoms with Crippen molar-refractivity contribution >= 4 is 28.1 Å². The Kier molecular flexibility index (Phi) is 3.71. The average Bonchev–Trinajstić information content (AvgIpc) is 2.64. The lowest BCUT2D eigenvalue weighted by Crippen LogP contribution is -2.16. The van der Waals surface area contributed by atoms with E-state index in [2.05, 4.69) is 0 Å². The number of rotatable bonds is 3. The van der Waals surface area contributed by atoms with E-state index in [1.807, 2.05) is 0 Å². The number of hydrogen-bond acceptors (Lipinski definition) is 5. The van der Waals surface area contributed by atoms with E-state index < -0.39 is 0 Å². The molecule has 0 saturated carbocycles. The first-order valence-electron chi connectivity index (χ1n) is 6.14. The standard InChI is InChI=1S/C13H17NO3S/c1-3-17-13(16)10-9-6-4-5-8(7(2)15)11(9)18-12(10)14/h8H,3-6,14H2,1-2H3. The lowest BCUT2D eigenvalue weighted by atomic mass is 9.85. The topological polar surface area (TPSA) is 69.4 Å². The summed E-state index contributed by atoms with van der Waals surface area (Å²) >= 11 is 1.36. The molecule has 0 spiro atoms. The highest BCUT2D eigenvalue weighted by atomic mass is 32.1. The van der Waals surface area contributed by atoms with Gasteiger partial charge in [-0.3, -0.25) is 4.79 Å². The second-order valence-corrected chi connectivity index (χ2v) is 5.54. The van der Waals surface area contributed by atoms with E-state index >= 15 is 0 Å². The minimum Gasteiger partial charge on any atom is -0.462 e.